The Morgan fingerprint density at radius 3 is 2.57 bits per heavy atom. The molecule has 0 bridgehead atoms. The highest BCUT2D eigenvalue weighted by atomic mass is 35.5. The molecule has 8 heteroatoms. The molecule has 0 saturated heterocycles. The van der Waals surface area contributed by atoms with Crippen molar-refractivity contribution in [3.8, 4) is 0 Å². The minimum Gasteiger partial charge on any atom is -0.356 e. The standard InChI is InChI=1S/C15H20N4O3.ClH/c1-16-8-4-9-17-13(20)7-10-19-15(22)12-6-3-2-5-11(12)14(21)18-19;/h2-3,5-6,16H,4,7-10H2,1H3,(H,17,20)(H,18,21);1H. The Balaban J connectivity index is 0.00000264. The summed E-state index contributed by atoms with van der Waals surface area (Å²) in [5.41, 5.74) is -0.622. The molecule has 0 aliphatic heterocycles. The topological polar surface area (TPSA) is 96.0 Å². The Morgan fingerprint density at radius 1 is 1.17 bits per heavy atom. The lowest BCUT2D eigenvalue weighted by molar-refractivity contribution is -0.121. The zero-order valence-corrected chi connectivity index (χ0v) is 13.7. The highest BCUT2D eigenvalue weighted by Gasteiger charge is 2.08. The van der Waals surface area contributed by atoms with Gasteiger partial charge in [0.1, 0.15) is 0 Å². The molecular weight excluding hydrogens is 320 g/mol. The first-order valence-corrected chi connectivity index (χ1v) is 7.26. The van der Waals surface area contributed by atoms with Crippen LogP contribution in [0.4, 0.5) is 0 Å². The fraction of sp³-hybridized carbons (Fsp3) is 0.400. The second-order valence-electron chi connectivity index (χ2n) is 5.00. The summed E-state index contributed by atoms with van der Waals surface area (Å²) in [4.78, 5) is 35.9. The molecule has 0 unspecified atom stereocenters. The second kappa shape index (κ2) is 9.12. The molecule has 2 aromatic rings. The number of carbonyl (C=O) groups is 1. The van der Waals surface area contributed by atoms with Crippen molar-refractivity contribution >= 4 is 29.1 Å². The molecule has 1 amide bonds. The average molecular weight is 341 g/mol. The number of rotatable bonds is 7. The number of nitrogens with zero attached hydrogens (tertiary/aromatic N) is 1. The third-order valence-electron chi connectivity index (χ3n) is 3.37. The molecule has 23 heavy (non-hydrogen) atoms. The van der Waals surface area contributed by atoms with Gasteiger partial charge in [-0.3, -0.25) is 19.5 Å². The average Bonchev–Trinajstić information content (AvgIpc) is 2.54. The van der Waals surface area contributed by atoms with Crippen LogP contribution in [0.15, 0.2) is 33.9 Å². The van der Waals surface area contributed by atoms with Crippen molar-refractivity contribution in [2.75, 3.05) is 20.1 Å². The number of hydrogen-bond donors (Lipinski definition) is 3. The molecule has 1 aromatic heterocycles. The van der Waals surface area contributed by atoms with Gasteiger partial charge in [0.25, 0.3) is 11.1 Å². The van der Waals surface area contributed by atoms with Crippen LogP contribution < -0.4 is 21.8 Å². The maximum atomic E-state index is 12.2. The van der Waals surface area contributed by atoms with E-state index < -0.39 is 0 Å². The fourth-order valence-electron chi connectivity index (χ4n) is 2.20. The first-order chi connectivity index (χ1) is 10.6. The molecule has 0 atom stereocenters. The third kappa shape index (κ3) is 4.94. The number of fused-ring (bicyclic) bond motifs is 1. The van der Waals surface area contributed by atoms with Gasteiger partial charge in [-0.2, -0.15) is 0 Å². The van der Waals surface area contributed by atoms with Crippen molar-refractivity contribution in [1.82, 2.24) is 20.4 Å². The Hall–Kier alpha value is -2.12. The molecule has 7 nitrogen and oxygen atoms in total. The number of amides is 1. The van der Waals surface area contributed by atoms with Gasteiger partial charge < -0.3 is 10.6 Å². The summed E-state index contributed by atoms with van der Waals surface area (Å²) in [6.45, 7) is 1.57. The van der Waals surface area contributed by atoms with E-state index >= 15 is 0 Å². The van der Waals surface area contributed by atoms with Crippen molar-refractivity contribution < 1.29 is 4.79 Å². The summed E-state index contributed by atoms with van der Waals surface area (Å²) < 4.78 is 1.19. The number of H-pyrrole nitrogens is 1. The number of hydrogen-bond acceptors (Lipinski definition) is 4. The predicted octanol–water partition coefficient (Wildman–Crippen LogP) is 0.227. The Bertz CT molecular complexity index is 769. The molecule has 1 heterocycles. The highest BCUT2D eigenvalue weighted by Crippen LogP contribution is 2.02. The lowest BCUT2D eigenvalue weighted by Gasteiger charge is -2.08. The molecule has 0 spiro atoms. The molecule has 0 saturated carbocycles. The summed E-state index contributed by atoms with van der Waals surface area (Å²) in [5.74, 6) is -0.142. The maximum Gasteiger partial charge on any atom is 0.273 e. The summed E-state index contributed by atoms with van der Waals surface area (Å²) in [7, 11) is 1.85. The van der Waals surface area contributed by atoms with Gasteiger partial charge in [-0.15, -0.1) is 12.4 Å². The lowest BCUT2D eigenvalue weighted by Crippen LogP contribution is -2.33. The van der Waals surface area contributed by atoms with E-state index in [1.165, 1.54) is 4.68 Å². The zero-order valence-electron chi connectivity index (χ0n) is 12.9. The van der Waals surface area contributed by atoms with Gasteiger partial charge in [0.2, 0.25) is 5.91 Å². The minimum absolute atomic E-state index is 0. The first kappa shape index (κ1) is 18.9. The van der Waals surface area contributed by atoms with Crippen LogP contribution in [0.1, 0.15) is 12.8 Å². The normalized spacial score (nSPS) is 10.3. The minimum atomic E-state index is -0.329. The van der Waals surface area contributed by atoms with E-state index in [0.717, 1.165) is 13.0 Å². The predicted molar refractivity (Wildman–Crippen MR) is 92.2 cm³/mol. The van der Waals surface area contributed by atoms with Gasteiger partial charge in [-0.05, 0) is 32.1 Å². The van der Waals surface area contributed by atoms with E-state index in [1.54, 1.807) is 24.3 Å². The van der Waals surface area contributed by atoms with E-state index in [2.05, 4.69) is 15.7 Å². The third-order valence-corrected chi connectivity index (χ3v) is 3.37. The molecule has 0 fully saturated rings. The number of aromatic amines is 1. The molecule has 126 valence electrons. The van der Waals surface area contributed by atoms with Crippen LogP contribution in [-0.2, 0) is 11.3 Å². The molecule has 0 aliphatic rings. The molecular formula is C15H21ClN4O3. The monoisotopic (exact) mass is 340 g/mol. The summed E-state index contributed by atoms with van der Waals surface area (Å²) >= 11 is 0. The van der Waals surface area contributed by atoms with E-state index in [-0.39, 0.29) is 42.4 Å². The zero-order chi connectivity index (χ0) is 15.9. The highest BCUT2D eigenvalue weighted by molar-refractivity contribution is 5.85. The van der Waals surface area contributed by atoms with Crippen molar-refractivity contribution in [2.24, 2.45) is 0 Å². The number of nitrogens with one attached hydrogen (secondary N) is 3. The van der Waals surface area contributed by atoms with E-state index in [4.69, 9.17) is 0 Å². The Kier molecular flexibility index (Phi) is 7.50. The van der Waals surface area contributed by atoms with Crippen molar-refractivity contribution in [1.29, 1.82) is 0 Å². The largest absolute Gasteiger partial charge is 0.356 e. The number of aryl methyl sites for hydroxylation is 1. The summed E-state index contributed by atoms with van der Waals surface area (Å²) in [6, 6.07) is 6.64. The van der Waals surface area contributed by atoms with E-state index in [1.807, 2.05) is 7.05 Å². The van der Waals surface area contributed by atoms with Crippen LogP contribution in [0.25, 0.3) is 10.8 Å². The van der Waals surface area contributed by atoms with E-state index in [9.17, 15) is 14.4 Å². The molecule has 3 N–H and O–H groups in total. The summed E-state index contributed by atoms with van der Waals surface area (Å²) in [5, 5.41) is 9.00. The Morgan fingerprint density at radius 2 is 1.87 bits per heavy atom. The van der Waals surface area contributed by atoms with Crippen LogP contribution in [0.2, 0.25) is 0 Å². The molecule has 0 radical (unpaired) electrons. The van der Waals surface area contributed by atoms with Gasteiger partial charge in [0, 0.05) is 13.0 Å². The molecule has 0 aliphatic carbocycles. The van der Waals surface area contributed by atoms with Gasteiger partial charge in [-0.25, -0.2) is 4.68 Å². The summed E-state index contributed by atoms with van der Waals surface area (Å²) in [6.07, 6.45) is 0.989. The van der Waals surface area contributed by atoms with Gasteiger partial charge in [0.05, 0.1) is 17.3 Å². The van der Waals surface area contributed by atoms with Crippen molar-refractivity contribution in [3.63, 3.8) is 0 Å². The maximum absolute atomic E-state index is 12.2. The smallest absolute Gasteiger partial charge is 0.273 e. The first-order valence-electron chi connectivity index (χ1n) is 7.26. The second-order valence-corrected chi connectivity index (χ2v) is 5.00. The van der Waals surface area contributed by atoms with Gasteiger partial charge in [0.15, 0.2) is 0 Å². The van der Waals surface area contributed by atoms with Crippen LogP contribution in [0.3, 0.4) is 0 Å². The van der Waals surface area contributed by atoms with E-state index in [0.29, 0.717) is 17.3 Å². The SMILES string of the molecule is CNCCCNC(=O)CCn1[nH]c(=O)c2ccccc2c1=O.Cl. The number of aromatic nitrogens is 2. The van der Waals surface area contributed by atoms with Crippen molar-refractivity contribution in [3.05, 3.63) is 45.0 Å². The van der Waals surface area contributed by atoms with Gasteiger partial charge >= 0.3 is 0 Å². The number of benzene rings is 1. The van der Waals surface area contributed by atoms with Crippen LogP contribution in [0.5, 0.6) is 0 Å². The molecule has 1 aromatic carbocycles. The quantitative estimate of drug-likeness (QED) is 0.629. The van der Waals surface area contributed by atoms with Crippen LogP contribution in [-0.4, -0.2) is 35.8 Å². The molecule has 2 rings (SSSR count). The fourth-order valence-corrected chi connectivity index (χ4v) is 2.20. The van der Waals surface area contributed by atoms with Crippen LogP contribution >= 0.6 is 12.4 Å². The van der Waals surface area contributed by atoms with Crippen molar-refractivity contribution in [2.45, 2.75) is 19.4 Å². The number of halogens is 1. The lowest BCUT2D eigenvalue weighted by atomic mass is 10.2. The Labute approximate surface area is 139 Å². The number of carbonyl (C=O) groups excluding carboxylic acids is 1. The van der Waals surface area contributed by atoms with Gasteiger partial charge in [-0.1, -0.05) is 12.1 Å². The van der Waals surface area contributed by atoms with Crippen LogP contribution in [0, 0.1) is 0 Å².